The summed E-state index contributed by atoms with van der Waals surface area (Å²) < 4.78 is 1.68. The number of rotatable bonds is 4. The normalized spacial score (nSPS) is 20.7. The van der Waals surface area contributed by atoms with Gasteiger partial charge in [-0.2, -0.15) is 0 Å². The molecule has 146 valence electrons. The molecule has 27 heavy (non-hydrogen) atoms. The summed E-state index contributed by atoms with van der Waals surface area (Å²) in [7, 11) is 0. The number of β-amino-alcohol motifs (C(OH)–C–C–N with tert-alkyl or cyclic N) is 1. The highest BCUT2D eigenvalue weighted by Gasteiger charge is 2.33. The van der Waals surface area contributed by atoms with Crippen LogP contribution in [0.25, 0.3) is 10.9 Å². The average molecular weight is 370 g/mol. The van der Waals surface area contributed by atoms with Gasteiger partial charge < -0.3 is 10.0 Å². The summed E-state index contributed by atoms with van der Waals surface area (Å²) in [4.78, 5) is 21.8. The zero-order valence-electron chi connectivity index (χ0n) is 16.4. The molecular weight excluding hydrogens is 340 g/mol. The number of hydrogen-bond donors (Lipinski definition) is 1. The van der Waals surface area contributed by atoms with Crippen molar-refractivity contribution in [3.05, 3.63) is 34.9 Å². The third-order valence-electron chi connectivity index (χ3n) is 6.11. The van der Waals surface area contributed by atoms with Gasteiger partial charge in [-0.05, 0) is 44.9 Å². The first-order valence-electron chi connectivity index (χ1n) is 10.2. The first-order valence-corrected chi connectivity index (χ1v) is 10.2. The van der Waals surface area contributed by atoms with Crippen LogP contribution in [0.3, 0.4) is 0 Å². The van der Waals surface area contributed by atoms with Gasteiger partial charge in [0, 0.05) is 44.5 Å². The minimum Gasteiger partial charge on any atom is -0.389 e. The van der Waals surface area contributed by atoms with Gasteiger partial charge in [-0.25, -0.2) is 4.98 Å². The van der Waals surface area contributed by atoms with Crippen molar-refractivity contribution in [1.29, 1.82) is 0 Å². The van der Waals surface area contributed by atoms with E-state index < -0.39 is 5.60 Å². The number of aromatic nitrogens is 2. The standard InChI is InChI=1S/C21H30N4O2/c1-16(2)25-15-22-19-13-17(5-6-18(19)20(25)26)24-11-9-23(10-12-24)14-21(27)7-3-4-8-21/h5-6,13,15-16,27H,3-4,7-12,14H2,1-2H3. The first-order chi connectivity index (χ1) is 13.0. The first kappa shape index (κ1) is 18.4. The molecule has 0 atom stereocenters. The van der Waals surface area contributed by atoms with Crippen LogP contribution in [0.5, 0.6) is 0 Å². The molecule has 2 aromatic rings. The van der Waals surface area contributed by atoms with Crippen molar-refractivity contribution in [3.8, 4) is 0 Å². The maximum absolute atomic E-state index is 12.6. The molecule has 2 heterocycles. The molecule has 2 aliphatic rings. The van der Waals surface area contributed by atoms with Gasteiger partial charge in [0.25, 0.3) is 5.56 Å². The Morgan fingerprint density at radius 1 is 1.15 bits per heavy atom. The smallest absolute Gasteiger partial charge is 0.261 e. The fraction of sp³-hybridized carbons (Fsp3) is 0.619. The second-order valence-electron chi connectivity index (χ2n) is 8.45. The molecule has 0 amide bonds. The maximum atomic E-state index is 12.6. The predicted octanol–water partition coefficient (Wildman–Crippen LogP) is 2.40. The van der Waals surface area contributed by atoms with E-state index in [1.165, 1.54) is 0 Å². The molecule has 6 nitrogen and oxygen atoms in total. The number of piperazine rings is 1. The monoisotopic (exact) mass is 370 g/mol. The topological polar surface area (TPSA) is 61.6 Å². The summed E-state index contributed by atoms with van der Waals surface area (Å²) in [6, 6.07) is 6.08. The molecule has 1 saturated carbocycles. The van der Waals surface area contributed by atoms with Crippen molar-refractivity contribution in [2.24, 2.45) is 0 Å². The summed E-state index contributed by atoms with van der Waals surface area (Å²) >= 11 is 0. The highest BCUT2D eigenvalue weighted by atomic mass is 16.3. The van der Waals surface area contributed by atoms with E-state index in [0.717, 1.165) is 69.6 Å². The summed E-state index contributed by atoms with van der Waals surface area (Å²) in [5, 5.41) is 11.3. The van der Waals surface area contributed by atoms with E-state index in [1.54, 1.807) is 10.9 Å². The number of hydrogen-bond acceptors (Lipinski definition) is 5. The van der Waals surface area contributed by atoms with Crippen LogP contribution in [0.1, 0.15) is 45.6 Å². The lowest BCUT2D eigenvalue weighted by Gasteiger charge is -2.39. The zero-order valence-corrected chi connectivity index (χ0v) is 16.4. The SMILES string of the molecule is CC(C)n1cnc2cc(N3CCN(CC4(O)CCCC4)CC3)ccc2c1=O. The molecule has 1 aliphatic carbocycles. The molecule has 1 aromatic carbocycles. The molecule has 1 saturated heterocycles. The Hall–Kier alpha value is -1.92. The third kappa shape index (κ3) is 3.73. The van der Waals surface area contributed by atoms with Crippen molar-refractivity contribution >= 4 is 16.6 Å². The van der Waals surface area contributed by atoms with Gasteiger partial charge >= 0.3 is 0 Å². The van der Waals surface area contributed by atoms with E-state index in [-0.39, 0.29) is 11.6 Å². The van der Waals surface area contributed by atoms with E-state index in [1.807, 2.05) is 32.0 Å². The molecule has 0 spiro atoms. The highest BCUT2D eigenvalue weighted by molar-refractivity contribution is 5.81. The molecule has 6 heteroatoms. The van der Waals surface area contributed by atoms with Crippen LogP contribution in [-0.2, 0) is 0 Å². The van der Waals surface area contributed by atoms with Crippen LogP contribution >= 0.6 is 0 Å². The van der Waals surface area contributed by atoms with Crippen LogP contribution in [0.2, 0.25) is 0 Å². The third-order valence-corrected chi connectivity index (χ3v) is 6.11. The second kappa shape index (κ2) is 7.24. The largest absolute Gasteiger partial charge is 0.389 e. The zero-order chi connectivity index (χ0) is 19.0. The Morgan fingerprint density at radius 2 is 1.85 bits per heavy atom. The van der Waals surface area contributed by atoms with Gasteiger partial charge in [-0.15, -0.1) is 0 Å². The van der Waals surface area contributed by atoms with E-state index >= 15 is 0 Å². The lowest BCUT2D eigenvalue weighted by Crippen LogP contribution is -2.51. The fourth-order valence-corrected chi connectivity index (χ4v) is 4.46. The number of benzene rings is 1. The minimum atomic E-state index is -0.467. The van der Waals surface area contributed by atoms with Crippen molar-refractivity contribution in [3.63, 3.8) is 0 Å². The van der Waals surface area contributed by atoms with Gasteiger partial charge in [0.2, 0.25) is 0 Å². The van der Waals surface area contributed by atoms with Gasteiger partial charge in [-0.1, -0.05) is 12.8 Å². The molecule has 1 aromatic heterocycles. The van der Waals surface area contributed by atoms with Crippen molar-refractivity contribution in [2.45, 2.75) is 51.2 Å². The van der Waals surface area contributed by atoms with Crippen LogP contribution in [0, 0.1) is 0 Å². The van der Waals surface area contributed by atoms with Gasteiger partial charge in [0.05, 0.1) is 22.8 Å². The molecule has 4 rings (SSSR count). The lowest BCUT2D eigenvalue weighted by atomic mass is 10.0. The van der Waals surface area contributed by atoms with Gasteiger partial charge in [0.1, 0.15) is 0 Å². The van der Waals surface area contributed by atoms with Gasteiger partial charge in [-0.3, -0.25) is 14.3 Å². The predicted molar refractivity (Wildman–Crippen MR) is 108 cm³/mol. The molecule has 1 N–H and O–H groups in total. The van der Waals surface area contributed by atoms with Crippen molar-refractivity contribution < 1.29 is 5.11 Å². The van der Waals surface area contributed by atoms with E-state index in [4.69, 9.17) is 0 Å². The Kier molecular flexibility index (Phi) is 4.95. The Bertz CT molecular complexity index is 862. The van der Waals surface area contributed by atoms with E-state index in [9.17, 15) is 9.90 Å². The summed E-state index contributed by atoms with van der Waals surface area (Å²) in [6.07, 6.45) is 5.84. The van der Waals surface area contributed by atoms with Crippen LogP contribution in [0.15, 0.2) is 29.3 Å². The van der Waals surface area contributed by atoms with Crippen molar-refractivity contribution in [2.75, 3.05) is 37.6 Å². The highest BCUT2D eigenvalue weighted by Crippen LogP contribution is 2.30. The van der Waals surface area contributed by atoms with E-state index in [2.05, 4.69) is 14.8 Å². The molecule has 0 bridgehead atoms. The number of nitrogens with zero attached hydrogens (tertiary/aromatic N) is 4. The quantitative estimate of drug-likeness (QED) is 0.896. The lowest BCUT2D eigenvalue weighted by molar-refractivity contribution is 0.00803. The molecule has 0 unspecified atom stereocenters. The number of fused-ring (bicyclic) bond motifs is 1. The second-order valence-corrected chi connectivity index (χ2v) is 8.45. The van der Waals surface area contributed by atoms with Gasteiger partial charge in [0.15, 0.2) is 0 Å². The maximum Gasteiger partial charge on any atom is 0.261 e. The Morgan fingerprint density at radius 3 is 2.52 bits per heavy atom. The Labute approximate surface area is 160 Å². The van der Waals surface area contributed by atoms with Crippen molar-refractivity contribution in [1.82, 2.24) is 14.5 Å². The molecule has 1 aliphatic heterocycles. The van der Waals surface area contributed by atoms with Crippen LogP contribution in [0.4, 0.5) is 5.69 Å². The Balaban J connectivity index is 1.46. The summed E-state index contributed by atoms with van der Waals surface area (Å²) in [6.45, 7) is 8.57. The molecule has 2 fully saturated rings. The van der Waals surface area contributed by atoms with Crippen LogP contribution < -0.4 is 10.5 Å². The summed E-state index contributed by atoms with van der Waals surface area (Å²) in [5.41, 5.74) is 1.44. The number of anilines is 1. The van der Waals surface area contributed by atoms with E-state index in [0.29, 0.717) is 5.39 Å². The fourth-order valence-electron chi connectivity index (χ4n) is 4.46. The summed E-state index contributed by atoms with van der Waals surface area (Å²) in [5.74, 6) is 0. The molecule has 0 radical (unpaired) electrons. The number of aliphatic hydroxyl groups is 1. The average Bonchev–Trinajstić information content (AvgIpc) is 3.08. The minimum absolute atomic E-state index is 0.0242. The molecular formula is C21H30N4O2. The van der Waals surface area contributed by atoms with Crippen LogP contribution in [-0.4, -0.2) is 57.9 Å².